The average Bonchev–Trinajstić information content (AvgIpc) is 2.81. The molecule has 3 rings (SSSR count). The number of hydrogen-bond donors (Lipinski definition) is 1. The van der Waals surface area contributed by atoms with Crippen LogP contribution in [0.4, 0.5) is 4.39 Å². The molecule has 1 aliphatic rings. The van der Waals surface area contributed by atoms with Crippen molar-refractivity contribution in [3.05, 3.63) is 41.8 Å². The molecular formula is C15H19FN4. The first kappa shape index (κ1) is 13.3. The standard InChI is InChI=1S/C15H19FN4/c1-19-10-13(11-20-8-6-17-7-9-20)15(18-19)12-2-4-14(16)5-3-12/h2-5,10,17H,6-9,11H2,1H3. The second-order valence-electron chi connectivity index (χ2n) is 5.21. The molecule has 0 bridgehead atoms. The predicted molar refractivity (Wildman–Crippen MR) is 76.7 cm³/mol. The molecule has 2 aromatic rings. The minimum absolute atomic E-state index is 0.215. The summed E-state index contributed by atoms with van der Waals surface area (Å²) in [6.07, 6.45) is 2.06. The van der Waals surface area contributed by atoms with Gasteiger partial charge < -0.3 is 5.32 Å². The van der Waals surface area contributed by atoms with Crippen LogP contribution < -0.4 is 5.32 Å². The van der Waals surface area contributed by atoms with Crippen LogP contribution >= 0.6 is 0 Å². The van der Waals surface area contributed by atoms with E-state index >= 15 is 0 Å². The molecule has 4 nitrogen and oxygen atoms in total. The number of halogens is 1. The summed E-state index contributed by atoms with van der Waals surface area (Å²) in [6.45, 7) is 5.07. The van der Waals surface area contributed by atoms with Crippen LogP contribution in [0.15, 0.2) is 30.5 Å². The first-order valence-corrected chi connectivity index (χ1v) is 6.94. The van der Waals surface area contributed by atoms with Gasteiger partial charge in [-0.1, -0.05) is 0 Å². The van der Waals surface area contributed by atoms with E-state index in [1.54, 1.807) is 12.1 Å². The Labute approximate surface area is 118 Å². The third-order valence-corrected chi connectivity index (χ3v) is 3.63. The van der Waals surface area contributed by atoms with Gasteiger partial charge in [-0.15, -0.1) is 0 Å². The first-order valence-electron chi connectivity index (χ1n) is 6.94. The summed E-state index contributed by atoms with van der Waals surface area (Å²) in [5, 5.41) is 7.88. The molecule has 0 spiro atoms. The molecule has 20 heavy (non-hydrogen) atoms. The van der Waals surface area contributed by atoms with E-state index in [9.17, 15) is 4.39 Å². The van der Waals surface area contributed by atoms with Gasteiger partial charge in [0.15, 0.2) is 0 Å². The van der Waals surface area contributed by atoms with Crippen molar-refractivity contribution in [2.45, 2.75) is 6.54 Å². The van der Waals surface area contributed by atoms with Crippen molar-refractivity contribution < 1.29 is 4.39 Å². The van der Waals surface area contributed by atoms with E-state index in [-0.39, 0.29) is 5.82 Å². The Bertz CT molecular complexity index is 570. The van der Waals surface area contributed by atoms with Gasteiger partial charge >= 0.3 is 0 Å². The van der Waals surface area contributed by atoms with Crippen molar-refractivity contribution in [1.29, 1.82) is 0 Å². The summed E-state index contributed by atoms with van der Waals surface area (Å²) < 4.78 is 14.9. The second-order valence-corrected chi connectivity index (χ2v) is 5.21. The summed E-state index contributed by atoms with van der Waals surface area (Å²) in [7, 11) is 1.92. The average molecular weight is 274 g/mol. The lowest BCUT2D eigenvalue weighted by Gasteiger charge is -2.26. The highest BCUT2D eigenvalue weighted by Crippen LogP contribution is 2.23. The molecule has 2 heterocycles. The smallest absolute Gasteiger partial charge is 0.123 e. The number of nitrogens with one attached hydrogen (secondary N) is 1. The minimum Gasteiger partial charge on any atom is -0.314 e. The molecule has 0 radical (unpaired) electrons. The third kappa shape index (κ3) is 2.89. The fourth-order valence-corrected chi connectivity index (χ4v) is 2.61. The summed E-state index contributed by atoms with van der Waals surface area (Å²) in [5.74, 6) is -0.215. The topological polar surface area (TPSA) is 33.1 Å². The van der Waals surface area contributed by atoms with E-state index < -0.39 is 0 Å². The van der Waals surface area contributed by atoms with Crippen molar-refractivity contribution in [3.63, 3.8) is 0 Å². The monoisotopic (exact) mass is 274 g/mol. The highest BCUT2D eigenvalue weighted by Gasteiger charge is 2.15. The molecule has 0 amide bonds. The third-order valence-electron chi connectivity index (χ3n) is 3.63. The zero-order chi connectivity index (χ0) is 13.9. The van der Waals surface area contributed by atoms with Gasteiger partial charge in [-0.2, -0.15) is 5.10 Å². The quantitative estimate of drug-likeness (QED) is 0.923. The SMILES string of the molecule is Cn1cc(CN2CCNCC2)c(-c2ccc(F)cc2)n1. The van der Waals surface area contributed by atoms with Crippen LogP contribution in [0.1, 0.15) is 5.56 Å². The van der Waals surface area contributed by atoms with Gasteiger partial charge in [-0.25, -0.2) is 4.39 Å². The lowest BCUT2D eigenvalue weighted by molar-refractivity contribution is 0.233. The maximum absolute atomic E-state index is 13.0. The molecule has 5 heteroatoms. The van der Waals surface area contributed by atoms with Crippen molar-refractivity contribution in [1.82, 2.24) is 20.0 Å². The minimum atomic E-state index is -0.215. The van der Waals surface area contributed by atoms with Gasteiger partial charge in [-0.3, -0.25) is 9.58 Å². The molecule has 1 aromatic carbocycles. The number of aryl methyl sites for hydroxylation is 1. The molecule has 0 atom stereocenters. The van der Waals surface area contributed by atoms with E-state index in [2.05, 4.69) is 21.5 Å². The van der Waals surface area contributed by atoms with Gasteiger partial charge in [-0.05, 0) is 24.3 Å². The van der Waals surface area contributed by atoms with Crippen LogP contribution in [-0.2, 0) is 13.6 Å². The normalized spacial score (nSPS) is 16.5. The van der Waals surface area contributed by atoms with E-state index in [0.717, 1.165) is 44.0 Å². The number of piperazine rings is 1. The Kier molecular flexibility index (Phi) is 3.80. The van der Waals surface area contributed by atoms with Gasteiger partial charge in [0.25, 0.3) is 0 Å². The number of rotatable bonds is 3. The number of hydrogen-bond acceptors (Lipinski definition) is 3. The van der Waals surface area contributed by atoms with Gasteiger partial charge in [0.1, 0.15) is 5.82 Å². The molecule has 1 saturated heterocycles. The van der Waals surface area contributed by atoms with Crippen LogP contribution in [-0.4, -0.2) is 40.9 Å². The Morgan fingerprint density at radius 2 is 1.90 bits per heavy atom. The summed E-state index contributed by atoms with van der Waals surface area (Å²) >= 11 is 0. The van der Waals surface area contributed by atoms with Crippen LogP contribution in [0.5, 0.6) is 0 Å². The molecule has 0 aliphatic carbocycles. The Hall–Kier alpha value is -1.72. The Morgan fingerprint density at radius 1 is 1.20 bits per heavy atom. The largest absolute Gasteiger partial charge is 0.314 e. The predicted octanol–water partition coefficient (Wildman–Crippen LogP) is 1.63. The van der Waals surface area contributed by atoms with Gasteiger partial charge in [0, 0.05) is 57.1 Å². The molecule has 1 aromatic heterocycles. The molecule has 0 saturated carbocycles. The summed E-state index contributed by atoms with van der Waals surface area (Å²) in [5.41, 5.74) is 3.11. The van der Waals surface area contributed by atoms with Crippen molar-refractivity contribution in [2.75, 3.05) is 26.2 Å². The molecular weight excluding hydrogens is 255 g/mol. The van der Waals surface area contributed by atoms with Crippen molar-refractivity contribution in [3.8, 4) is 11.3 Å². The fraction of sp³-hybridized carbons (Fsp3) is 0.400. The Balaban J connectivity index is 1.85. The lowest BCUT2D eigenvalue weighted by atomic mass is 10.1. The highest BCUT2D eigenvalue weighted by molar-refractivity contribution is 5.62. The molecule has 1 N–H and O–H groups in total. The van der Waals surface area contributed by atoms with Crippen LogP contribution in [0.25, 0.3) is 11.3 Å². The van der Waals surface area contributed by atoms with E-state index in [4.69, 9.17) is 0 Å². The maximum Gasteiger partial charge on any atom is 0.123 e. The van der Waals surface area contributed by atoms with Gasteiger partial charge in [0.05, 0.1) is 5.69 Å². The van der Waals surface area contributed by atoms with Crippen molar-refractivity contribution in [2.24, 2.45) is 7.05 Å². The number of benzene rings is 1. The first-order chi connectivity index (χ1) is 9.72. The molecule has 0 unspecified atom stereocenters. The fourth-order valence-electron chi connectivity index (χ4n) is 2.61. The highest BCUT2D eigenvalue weighted by atomic mass is 19.1. The zero-order valence-corrected chi connectivity index (χ0v) is 11.6. The molecule has 1 fully saturated rings. The second kappa shape index (κ2) is 5.73. The van der Waals surface area contributed by atoms with Gasteiger partial charge in [0.2, 0.25) is 0 Å². The molecule has 1 aliphatic heterocycles. The van der Waals surface area contributed by atoms with Crippen LogP contribution in [0.2, 0.25) is 0 Å². The van der Waals surface area contributed by atoms with Crippen LogP contribution in [0.3, 0.4) is 0 Å². The zero-order valence-electron chi connectivity index (χ0n) is 11.6. The van der Waals surface area contributed by atoms with E-state index in [1.165, 1.54) is 17.7 Å². The van der Waals surface area contributed by atoms with E-state index in [1.807, 2.05) is 11.7 Å². The summed E-state index contributed by atoms with van der Waals surface area (Å²) in [4.78, 5) is 2.42. The maximum atomic E-state index is 13.0. The van der Waals surface area contributed by atoms with Crippen LogP contribution in [0, 0.1) is 5.82 Å². The van der Waals surface area contributed by atoms with E-state index in [0.29, 0.717) is 0 Å². The summed E-state index contributed by atoms with van der Waals surface area (Å²) in [6, 6.07) is 6.55. The number of aromatic nitrogens is 2. The Morgan fingerprint density at radius 3 is 2.60 bits per heavy atom. The molecule has 106 valence electrons. The lowest BCUT2D eigenvalue weighted by Crippen LogP contribution is -2.42. The van der Waals surface area contributed by atoms with Crippen molar-refractivity contribution >= 4 is 0 Å². The number of nitrogens with zero attached hydrogens (tertiary/aromatic N) is 3.